The largest absolute Gasteiger partial charge is 0.329 e. The molecule has 0 saturated carbocycles. The van der Waals surface area contributed by atoms with E-state index in [1.54, 1.807) is 4.90 Å². The monoisotopic (exact) mass is 444 g/mol. The van der Waals surface area contributed by atoms with Gasteiger partial charge in [0.15, 0.2) is 0 Å². The van der Waals surface area contributed by atoms with E-state index in [1.807, 2.05) is 108 Å². The molecule has 2 aliphatic rings. The van der Waals surface area contributed by atoms with Crippen molar-refractivity contribution in [3.05, 3.63) is 138 Å². The zero-order chi connectivity index (χ0) is 23.1. The van der Waals surface area contributed by atoms with E-state index in [2.05, 4.69) is 12.1 Å². The van der Waals surface area contributed by atoms with Gasteiger partial charge in [-0.3, -0.25) is 9.59 Å². The first-order valence-corrected chi connectivity index (χ1v) is 11.6. The molecular formula is C30H24N2O2. The zero-order valence-corrected chi connectivity index (χ0v) is 18.7. The first kappa shape index (κ1) is 20.4. The van der Waals surface area contributed by atoms with Crippen molar-refractivity contribution in [2.45, 2.75) is 18.0 Å². The lowest BCUT2D eigenvalue weighted by molar-refractivity contribution is -0.161. The Hall–Kier alpha value is -4.18. The molecule has 4 aromatic rings. The van der Waals surface area contributed by atoms with E-state index in [1.165, 1.54) is 0 Å². The number of anilines is 1. The third kappa shape index (κ3) is 2.99. The highest BCUT2D eigenvalue weighted by Crippen LogP contribution is 2.58. The van der Waals surface area contributed by atoms with E-state index < -0.39 is 5.41 Å². The molecule has 6 rings (SSSR count). The van der Waals surface area contributed by atoms with Crippen LogP contribution in [0.4, 0.5) is 5.69 Å². The van der Waals surface area contributed by atoms with Crippen LogP contribution in [0.1, 0.15) is 33.1 Å². The summed E-state index contributed by atoms with van der Waals surface area (Å²) in [6.07, 6.45) is 0. The van der Waals surface area contributed by atoms with E-state index in [0.717, 1.165) is 22.4 Å². The quantitative estimate of drug-likeness (QED) is 0.397. The van der Waals surface area contributed by atoms with Gasteiger partial charge in [-0.1, -0.05) is 97.1 Å². The number of carbonyl (C=O) groups excluding carboxylic acids is 2. The highest BCUT2D eigenvalue weighted by molar-refractivity contribution is 6.11. The molecule has 4 heteroatoms. The Kier molecular flexibility index (Phi) is 4.80. The van der Waals surface area contributed by atoms with Crippen LogP contribution in [-0.2, 0) is 16.8 Å². The van der Waals surface area contributed by atoms with Crippen molar-refractivity contribution >= 4 is 17.5 Å². The van der Waals surface area contributed by atoms with E-state index >= 15 is 0 Å². The number of fused-ring (bicyclic) bond motifs is 2. The molecule has 0 N–H and O–H groups in total. The maximum atomic E-state index is 14.0. The maximum absolute atomic E-state index is 14.0. The smallest absolute Gasteiger partial charge is 0.258 e. The molecule has 0 bridgehead atoms. The molecule has 0 aliphatic carbocycles. The first-order valence-electron chi connectivity index (χ1n) is 11.6. The van der Waals surface area contributed by atoms with E-state index in [9.17, 15) is 9.59 Å². The Morgan fingerprint density at radius 1 is 0.765 bits per heavy atom. The fraction of sp³-hybridized carbons (Fsp3) is 0.133. The van der Waals surface area contributed by atoms with Crippen LogP contribution in [0.25, 0.3) is 0 Å². The summed E-state index contributed by atoms with van der Waals surface area (Å²) in [5, 5.41) is 0. The minimum Gasteiger partial charge on any atom is -0.329 e. The van der Waals surface area contributed by atoms with Crippen molar-refractivity contribution in [3.8, 4) is 0 Å². The lowest BCUT2D eigenvalue weighted by Crippen LogP contribution is -2.67. The molecule has 1 spiro atoms. The minimum absolute atomic E-state index is 0.0704. The fourth-order valence-electron chi connectivity index (χ4n) is 5.57. The Morgan fingerprint density at radius 3 is 2.06 bits per heavy atom. The van der Waals surface area contributed by atoms with Gasteiger partial charge in [0, 0.05) is 24.3 Å². The number of para-hydroxylation sites is 1. The molecule has 2 amide bonds. The number of β-lactam (4-membered cyclic amide) rings is 1. The number of hydrogen-bond donors (Lipinski definition) is 0. The molecule has 34 heavy (non-hydrogen) atoms. The van der Waals surface area contributed by atoms with Crippen LogP contribution < -0.4 is 4.90 Å². The molecule has 2 aliphatic heterocycles. The van der Waals surface area contributed by atoms with Gasteiger partial charge in [0.05, 0.1) is 6.04 Å². The summed E-state index contributed by atoms with van der Waals surface area (Å²) in [5.41, 5.74) is 3.76. The molecule has 1 fully saturated rings. The van der Waals surface area contributed by atoms with Crippen LogP contribution in [0.5, 0.6) is 0 Å². The molecule has 4 aromatic carbocycles. The predicted octanol–water partition coefficient (Wildman–Crippen LogP) is 5.37. The Balaban J connectivity index is 1.45. The van der Waals surface area contributed by atoms with Crippen molar-refractivity contribution in [1.82, 2.24) is 4.90 Å². The summed E-state index contributed by atoms with van der Waals surface area (Å²) < 4.78 is 0. The van der Waals surface area contributed by atoms with Crippen LogP contribution >= 0.6 is 0 Å². The summed E-state index contributed by atoms with van der Waals surface area (Å²) in [5.74, 6) is -0.00735. The van der Waals surface area contributed by atoms with Gasteiger partial charge in [-0.25, -0.2) is 0 Å². The molecular weight excluding hydrogens is 420 g/mol. The van der Waals surface area contributed by atoms with Gasteiger partial charge in [-0.2, -0.15) is 0 Å². The zero-order valence-electron chi connectivity index (χ0n) is 18.7. The average Bonchev–Trinajstić information content (AvgIpc) is 3.27. The average molecular weight is 445 g/mol. The second kappa shape index (κ2) is 7.99. The van der Waals surface area contributed by atoms with E-state index in [-0.39, 0.29) is 17.9 Å². The molecule has 4 nitrogen and oxygen atoms in total. The number of benzene rings is 4. The topological polar surface area (TPSA) is 40.6 Å². The second-order valence-corrected chi connectivity index (χ2v) is 8.98. The van der Waals surface area contributed by atoms with Crippen molar-refractivity contribution < 1.29 is 9.59 Å². The third-order valence-electron chi connectivity index (χ3n) is 7.08. The number of amides is 2. The Morgan fingerprint density at radius 2 is 1.35 bits per heavy atom. The number of rotatable bonds is 4. The van der Waals surface area contributed by atoms with Gasteiger partial charge in [0.2, 0.25) is 5.91 Å². The van der Waals surface area contributed by atoms with Crippen molar-refractivity contribution in [1.29, 1.82) is 0 Å². The summed E-state index contributed by atoms with van der Waals surface area (Å²) in [7, 11) is 0. The number of hydrogen-bond acceptors (Lipinski definition) is 2. The second-order valence-electron chi connectivity index (χ2n) is 8.98. The Labute approximate surface area is 199 Å². The van der Waals surface area contributed by atoms with E-state index in [4.69, 9.17) is 0 Å². The SMILES string of the molecule is O=C(c1ccccc1)N1C[C@]2(C(=O)N(Cc3ccccc3)[C@H]2c2ccccc2)c2ccccc21. The Bertz CT molecular complexity index is 1350. The van der Waals surface area contributed by atoms with Crippen molar-refractivity contribution in [2.75, 3.05) is 11.4 Å². The minimum atomic E-state index is -0.794. The van der Waals surface area contributed by atoms with Crippen molar-refractivity contribution in [2.24, 2.45) is 0 Å². The first-order chi connectivity index (χ1) is 16.7. The van der Waals surface area contributed by atoms with Gasteiger partial charge in [0.1, 0.15) is 5.41 Å². The van der Waals surface area contributed by atoms with Gasteiger partial charge in [-0.15, -0.1) is 0 Å². The van der Waals surface area contributed by atoms with Gasteiger partial charge in [0.25, 0.3) is 5.91 Å². The van der Waals surface area contributed by atoms with Crippen molar-refractivity contribution in [3.63, 3.8) is 0 Å². The van der Waals surface area contributed by atoms with E-state index in [0.29, 0.717) is 18.7 Å². The number of likely N-dealkylation sites (tertiary alicyclic amines) is 1. The predicted molar refractivity (Wildman–Crippen MR) is 132 cm³/mol. The van der Waals surface area contributed by atoms with Crippen LogP contribution in [-0.4, -0.2) is 23.3 Å². The molecule has 0 aromatic heterocycles. The standard InChI is InChI=1S/C30H24N2O2/c33-28(24-16-8-3-9-17-24)32-21-30(25-18-10-11-19-26(25)32)27(23-14-6-2-7-15-23)31(29(30)34)20-22-12-4-1-5-13-22/h1-19,27H,20-21H2/t27-,30-/m0/s1. The highest BCUT2D eigenvalue weighted by Gasteiger charge is 2.66. The number of nitrogens with zero attached hydrogens (tertiary/aromatic N) is 2. The summed E-state index contributed by atoms with van der Waals surface area (Å²) in [6.45, 7) is 0.875. The normalized spacial score (nSPS) is 20.8. The van der Waals surface area contributed by atoms with Crippen LogP contribution in [0, 0.1) is 0 Å². The molecule has 2 heterocycles. The van der Waals surface area contributed by atoms with Gasteiger partial charge >= 0.3 is 0 Å². The van der Waals surface area contributed by atoms with Gasteiger partial charge < -0.3 is 9.80 Å². The summed E-state index contributed by atoms with van der Waals surface area (Å²) in [4.78, 5) is 31.3. The summed E-state index contributed by atoms with van der Waals surface area (Å²) >= 11 is 0. The lowest BCUT2D eigenvalue weighted by atomic mass is 9.64. The van der Waals surface area contributed by atoms with Crippen LogP contribution in [0.3, 0.4) is 0 Å². The molecule has 0 unspecified atom stereocenters. The fourth-order valence-corrected chi connectivity index (χ4v) is 5.57. The van der Waals surface area contributed by atoms with Crippen LogP contribution in [0.15, 0.2) is 115 Å². The van der Waals surface area contributed by atoms with Gasteiger partial charge in [-0.05, 0) is 34.9 Å². The highest BCUT2D eigenvalue weighted by atomic mass is 16.2. The maximum Gasteiger partial charge on any atom is 0.258 e. The molecule has 2 atom stereocenters. The molecule has 0 radical (unpaired) electrons. The summed E-state index contributed by atoms with van der Waals surface area (Å²) in [6, 6.07) is 37.3. The number of carbonyl (C=O) groups is 2. The van der Waals surface area contributed by atoms with Crippen LogP contribution in [0.2, 0.25) is 0 Å². The lowest BCUT2D eigenvalue weighted by Gasteiger charge is -2.55. The molecule has 1 saturated heterocycles. The molecule has 166 valence electrons. The third-order valence-corrected chi connectivity index (χ3v) is 7.08.